The van der Waals surface area contributed by atoms with Gasteiger partial charge in [-0.3, -0.25) is 14.4 Å². The van der Waals surface area contributed by atoms with Crippen LogP contribution in [0.5, 0.6) is 0 Å². The third kappa shape index (κ3) is 4.19. The van der Waals surface area contributed by atoms with Crippen molar-refractivity contribution in [2.45, 2.75) is 44.1 Å². The van der Waals surface area contributed by atoms with E-state index in [-0.39, 0.29) is 25.4 Å². The minimum Gasteiger partial charge on any atom is -0.481 e. The molecule has 7 heteroatoms. The van der Waals surface area contributed by atoms with Crippen LogP contribution in [0.2, 0.25) is 0 Å². The topological polar surface area (TPSA) is 113 Å². The van der Waals surface area contributed by atoms with Gasteiger partial charge in [-0.15, -0.1) is 0 Å². The summed E-state index contributed by atoms with van der Waals surface area (Å²) in [5.41, 5.74) is 4.52. The second-order valence-corrected chi connectivity index (χ2v) is 5.29. The number of hydrogen-bond donors (Lipinski definition) is 3. The SMILES string of the molecule is CN(C(=O)CNC(=O)CN)C1(CC(=O)O)CCCCC1. The van der Waals surface area contributed by atoms with E-state index in [9.17, 15) is 14.4 Å². The standard InChI is InChI=1S/C13H23N3O4/c1-16(11(18)9-15-10(17)8-14)13(7-12(19)20)5-3-2-4-6-13/h2-9,14H2,1H3,(H,15,17)(H,19,20). The maximum Gasteiger partial charge on any atom is 0.305 e. The minimum absolute atomic E-state index is 0.0555. The molecule has 0 aromatic carbocycles. The number of likely N-dealkylation sites (N-methyl/N-ethyl adjacent to an activating group) is 1. The normalized spacial score (nSPS) is 17.3. The molecule has 0 aliphatic heterocycles. The van der Waals surface area contributed by atoms with Crippen LogP contribution < -0.4 is 11.1 Å². The molecule has 1 aliphatic carbocycles. The van der Waals surface area contributed by atoms with E-state index in [1.54, 1.807) is 7.05 Å². The summed E-state index contributed by atoms with van der Waals surface area (Å²) in [5, 5.41) is 11.5. The maximum absolute atomic E-state index is 12.1. The van der Waals surface area contributed by atoms with Crippen LogP contribution in [0.3, 0.4) is 0 Å². The first kappa shape index (κ1) is 16.4. The molecule has 0 radical (unpaired) electrons. The van der Waals surface area contributed by atoms with Crippen LogP contribution in [-0.4, -0.2) is 53.5 Å². The van der Waals surface area contributed by atoms with Gasteiger partial charge in [-0.1, -0.05) is 19.3 Å². The molecule has 1 aliphatic rings. The van der Waals surface area contributed by atoms with Crippen LogP contribution in [0.1, 0.15) is 38.5 Å². The highest BCUT2D eigenvalue weighted by atomic mass is 16.4. The minimum atomic E-state index is -0.905. The Morgan fingerprint density at radius 1 is 1.25 bits per heavy atom. The summed E-state index contributed by atoms with van der Waals surface area (Å²) in [4.78, 5) is 35.8. The molecule has 1 rings (SSSR count). The molecule has 0 aromatic rings. The van der Waals surface area contributed by atoms with Crippen molar-refractivity contribution in [2.75, 3.05) is 20.1 Å². The van der Waals surface area contributed by atoms with Crippen molar-refractivity contribution in [3.05, 3.63) is 0 Å². The summed E-state index contributed by atoms with van der Waals surface area (Å²) in [7, 11) is 1.62. The number of carboxylic acids is 1. The van der Waals surface area contributed by atoms with Gasteiger partial charge in [0.05, 0.1) is 25.0 Å². The zero-order valence-electron chi connectivity index (χ0n) is 11.9. The van der Waals surface area contributed by atoms with Crippen LogP contribution in [0.15, 0.2) is 0 Å². The Morgan fingerprint density at radius 2 is 1.85 bits per heavy atom. The molecule has 20 heavy (non-hydrogen) atoms. The lowest BCUT2D eigenvalue weighted by molar-refractivity contribution is -0.146. The van der Waals surface area contributed by atoms with Gasteiger partial charge in [-0.25, -0.2) is 0 Å². The molecule has 0 bridgehead atoms. The van der Waals surface area contributed by atoms with Crippen molar-refractivity contribution < 1.29 is 19.5 Å². The first-order valence-corrected chi connectivity index (χ1v) is 6.86. The van der Waals surface area contributed by atoms with E-state index >= 15 is 0 Å². The predicted molar refractivity (Wildman–Crippen MR) is 72.9 cm³/mol. The number of nitrogens with one attached hydrogen (secondary N) is 1. The number of aliphatic carboxylic acids is 1. The van der Waals surface area contributed by atoms with Gasteiger partial charge in [0.1, 0.15) is 0 Å². The largest absolute Gasteiger partial charge is 0.481 e. The Hall–Kier alpha value is -1.63. The van der Waals surface area contributed by atoms with E-state index < -0.39 is 17.4 Å². The average molecular weight is 285 g/mol. The van der Waals surface area contributed by atoms with E-state index in [0.29, 0.717) is 12.8 Å². The van der Waals surface area contributed by atoms with Crippen molar-refractivity contribution in [3.63, 3.8) is 0 Å². The van der Waals surface area contributed by atoms with E-state index in [1.165, 1.54) is 4.90 Å². The van der Waals surface area contributed by atoms with Crippen molar-refractivity contribution in [2.24, 2.45) is 5.73 Å². The number of nitrogens with two attached hydrogens (primary N) is 1. The van der Waals surface area contributed by atoms with Crippen LogP contribution in [0.4, 0.5) is 0 Å². The highest BCUT2D eigenvalue weighted by Crippen LogP contribution is 2.35. The molecule has 0 aromatic heterocycles. The second kappa shape index (κ2) is 7.23. The van der Waals surface area contributed by atoms with E-state index in [4.69, 9.17) is 10.8 Å². The Kier molecular flexibility index (Phi) is 5.94. The van der Waals surface area contributed by atoms with Crippen LogP contribution in [0.25, 0.3) is 0 Å². The number of hydrogen-bond acceptors (Lipinski definition) is 4. The fourth-order valence-electron chi connectivity index (χ4n) is 2.75. The van der Waals surface area contributed by atoms with Gasteiger partial charge in [-0.2, -0.15) is 0 Å². The number of carbonyl (C=O) groups excluding carboxylic acids is 2. The lowest BCUT2D eigenvalue weighted by Crippen LogP contribution is -2.54. The van der Waals surface area contributed by atoms with Crippen LogP contribution in [0, 0.1) is 0 Å². The molecule has 7 nitrogen and oxygen atoms in total. The fraction of sp³-hybridized carbons (Fsp3) is 0.769. The highest BCUT2D eigenvalue weighted by molar-refractivity contribution is 5.86. The number of carbonyl (C=O) groups is 3. The van der Waals surface area contributed by atoms with Gasteiger partial charge in [0.2, 0.25) is 11.8 Å². The molecule has 0 atom stereocenters. The van der Waals surface area contributed by atoms with Crippen molar-refractivity contribution in [1.82, 2.24) is 10.2 Å². The van der Waals surface area contributed by atoms with Crippen LogP contribution in [-0.2, 0) is 14.4 Å². The van der Waals surface area contributed by atoms with Gasteiger partial charge < -0.3 is 21.1 Å². The molecule has 4 N–H and O–H groups in total. The van der Waals surface area contributed by atoms with E-state index in [0.717, 1.165) is 19.3 Å². The van der Waals surface area contributed by atoms with Gasteiger partial charge in [-0.05, 0) is 12.8 Å². The average Bonchev–Trinajstić information content (AvgIpc) is 2.43. The zero-order chi connectivity index (χ0) is 15.2. The van der Waals surface area contributed by atoms with Gasteiger partial charge in [0.25, 0.3) is 0 Å². The van der Waals surface area contributed by atoms with E-state index in [1.807, 2.05) is 0 Å². The molecular weight excluding hydrogens is 262 g/mol. The van der Waals surface area contributed by atoms with Crippen molar-refractivity contribution in [1.29, 1.82) is 0 Å². The summed E-state index contributed by atoms with van der Waals surface area (Å²) in [6.45, 7) is -0.314. The zero-order valence-corrected chi connectivity index (χ0v) is 11.9. The Morgan fingerprint density at radius 3 is 2.35 bits per heavy atom. The Balaban J connectivity index is 2.71. The van der Waals surface area contributed by atoms with Crippen molar-refractivity contribution >= 4 is 17.8 Å². The smallest absolute Gasteiger partial charge is 0.305 e. The molecule has 0 saturated heterocycles. The molecule has 1 saturated carbocycles. The van der Waals surface area contributed by atoms with Gasteiger partial charge in [0.15, 0.2) is 0 Å². The fourth-order valence-corrected chi connectivity index (χ4v) is 2.75. The Bertz CT molecular complexity index is 378. The predicted octanol–water partition coefficient (Wildman–Crippen LogP) is -0.303. The molecule has 114 valence electrons. The third-order valence-corrected chi connectivity index (χ3v) is 3.97. The number of carboxylic acid groups (broad SMARTS) is 1. The van der Waals surface area contributed by atoms with E-state index in [2.05, 4.69) is 5.32 Å². The molecule has 2 amide bonds. The lowest BCUT2D eigenvalue weighted by atomic mass is 9.78. The summed E-state index contributed by atoms with van der Waals surface area (Å²) in [6, 6.07) is 0. The Labute approximate surface area is 118 Å². The molecule has 0 spiro atoms. The van der Waals surface area contributed by atoms with Gasteiger partial charge in [0, 0.05) is 7.05 Å². The third-order valence-electron chi connectivity index (χ3n) is 3.97. The summed E-state index contributed by atoms with van der Waals surface area (Å²) >= 11 is 0. The summed E-state index contributed by atoms with van der Waals surface area (Å²) in [5.74, 6) is -1.59. The maximum atomic E-state index is 12.1. The lowest BCUT2D eigenvalue weighted by Gasteiger charge is -2.44. The summed E-state index contributed by atoms with van der Waals surface area (Å²) < 4.78 is 0. The monoisotopic (exact) mass is 285 g/mol. The molecule has 0 unspecified atom stereocenters. The molecule has 0 heterocycles. The second-order valence-electron chi connectivity index (χ2n) is 5.29. The quantitative estimate of drug-likeness (QED) is 0.620. The summed E-state index contributed by atoms with van der Waals surface area (Å²) in [6.07, 6.45) is 4.21. The highest BCUT2D eigenvalue weighted by Gasteiger charge is 2.40. The molecular formula is C13H23N3O4. The number of nitrogens with zero attached hydrogens (tertiary/aromatic N) is 1. The van der Waals surface area contributed by atoms with Crippen molar-refractivity contribution in [3.8, 4) is 0 Å². The number of rotatable bonds is 6. The first-order chi connectivity index (χ1) is 9.41. The number of amides is 2. The van der Waals surface area contributed by atoms with Crippen LogP contribution >= 0.6 is 0 Å². The first-order valence-electron chi connectivity index (χ1n) is 6.86. The molecule has 1 fully saturated rings. The van der Waals surface area contributed by atoms with Gasteiger partial charge >= 0.3 is 5.97 Å².